The molecular weight excluding hydrogens is 308 g/mol. The number of hydrogen-bond acceptors (Lipinski definition) is 5. The average Bonchev–Trinajstić information content (AvgIpc) is 2.56. The minimum atomic E-state index is -0.721. The third kappa shape index (κ3) is 4.67. The van der Waals surface area contributed by atoms with Crippen molar-refractivity contribution in [3.63, 3.8) is 0 Å². The SMILES string of the molecule is Cc1ccc(NCCCNC(=O)C2(N)CCCCC2)c([N+](=O)[O-])c1. The molecule has 1 fully saturated rings. The van der Waals surface area contributed by atoms with Gasteiger partial charge in [0.25, 0.3) is 5.69 Å². The number of carbonyl (C=O) groups excluding carboxylic acids is 1. The smallest absolute Gasteiger partial charge is 0.292 e. The zero-order chi connectivity index (χ0) is 17.6. The van der Waals surface area contributed by atoms with Crippen LogP contribution < -0.4 is 16.4 Å². The van der Waals surface area contributed by atoms with Gasteiger partial charge in [0.15, 0.2) is 0 Å². The number of anilines is 1. The quantitative estimate of drug-likeness (QED) is 0.403. The van der Waals surface area contributed by atoms with Crippen molar-refractivity contribution in [1.29, 1.82) is 0 Å². The second-order valence-electron chi connectivity index (χ2n) is 6.53. The minimum Gasteiger partial charge on any atom is -0.379 e. The van der Waals surface area contributed by atoms with Gasteiger partial charge < -0.3 is 16.4 Å². The first-order chi connectivity index (χ1) is 11.4. The molecule has 0 spiro atoms. The van der Waals surface area contributed by atoms with Gasteiger partial charge >= 0.3 is 0 Å². The standard InChI is InChI=1S/C17H26N4O3/c1-13-6-7-14(15(12-13)21(23)24)19-10-5-11-20-16(22)17(18)8-3-2-4-9-17/h6-7,12,19H,2-5,8-11,18H2,1H3,(H,20,22). The van der Waals surface area contributed by atoms with E-state index in [0.717, 1.165) is 37.7 Å². The van der Waals surface area contributed by atoms with Crippen LogP contribution in [-0.2, 0) is 4.79 Å². The molecule has 132 valence electrons. The van der Waals surface area contributed by atoms with E-state index in [1.807, 2.05) is 13.0 Å². The Labute approximate surface area is 142 Å². The molecule has 1 aliphatic carbocycles. The largest absolute Gasteiger partial charge is 0.379 e. The first-order valence-electron chi connectivity index (χ1n) is 8.48. The van der Waals surface area contributed by atoms with Crippen molar-refractivity contribution in [1.82, 2.24) is 5.32 Å². The first-order valence-corrected chi connectivity index (χ1v) is 8.48. The third-order valence-corrected chi connectivity index (χ3v) is 4.50. The van der Waals surface area contributed by atoms with E-state index in [1.54, 1.807) is 12.1 Å². The fourth-order valence-electron chi connectivity index (χ4n) is 3.04. The van der Waals surface area contributed by atoms with E-state index in [9.17, 15) is 14.9 Å². The number of aryl methyl sites for hydroxylation is 1. The Morgan fingerprint density at radius 1 is 1.29 bits per heavy atom. The lowest BCUT2D eigenvalue weighted by Gasteiger charge is -2.31. The second kappa shape index (κ2) is 8.10. The number of nitrogens with zero attached hydrogens (tertiary/aromatic N) is 1. The van der Waals surface area contributed by atoms with Crippen molar-refractivity contribution in [3.8, 4) is 0 Å². The minimum absolute atomic E-state index is 0.0714. The summed E-state index contributed by atoms with van der Waals surface area (Å²) in [5.41, 5.74) is 6.87. The van der Waals surface area contributed by atoms with Gasteiger partial charge in [0.1, 0.15) is 5.69 Å². The first kappa shape index (κ1) is 18.2. The van der Waals surface area contributed by atoms with Gasteiger partial charge in [0, 0.05) is 19.2 Å². The molecule has 0 aliphatic heterocycles. The molecular formula is C17H26N4O3. The zero-order valence-corrected chi connectivity index (χ0v) is 14.1. The molecule has 0 aromatic heterocycles. The Kier molecular flexibility index (Phi) is 6.14. The molecule has 7 nitrogen and oxygen atoms in total. The van der Waals surface area contributed by atoms with Crippen molar-refractivity contribution in [2.75, 3.05) is 18.4 Å². The molecule has 4 N–H and O–H groups in total. The molecule has 1 amide bonds. The lowest BCUT2D eigenvalue weighted by molar-refractivity contribution is -0.384. The van der Waals surface area contributed by atoms with Gasteiger partial charge in [-0.1, -0.05) is 25.3 Å². The van der Waals surface area contributed by atoms with E-state index >= 15 is 0 Å². The van der Waals surface area contributed by atoms with E-state index < -0.39 is 10.5 Å². The van der Waals surface area contributed by atoms with Crippen LogP contribution in [0.3, 0.4) is 0 Å². The van der Waals surface area contributed by atoms with E-state index in [-0.39, 0.29) is 11.6 Å². The predicted octanol–water partition coefficient (Wildman–Crippen LogP) is 2.48. The molecule has 0 unspecified atom stereocenters. The number of hydrogen-bond donors (Lipinski definition) is 3. The van der Waals surface area contributed by atoms with E-state index in [1.165, 1.54) is 0 Å². The normalized spacial score (nSPS) is 16.4. The number of nitrogens with two attached hydrogens (primary N) is 1. The second-order valence-corrected chi connectivity index (χ2v) is 6.53. The highest BCUT2D eigenvalue weighted by atomic mass is 16.6. The van der Waals surface area contributed by atoms with Gasteiger partial charge in [-0.3, -0.25) is 14.9 Å². The third-order valence-electron chi connectivity index (χ3n) is 4.50. The highest BCUT2D eigenvalue weighted by Gasteiger charge is 2.34. The lowest BCUT2D eigenvalue weighted by atomic mass is 9.82. The Morgan fingerprint density at radius 2 is 2.00 bits per heavy atom. The van der Waals surface area contributed by atoms with Gasteiger partial charge in [-0.15, -0.1) is 0 Å². The van der Waals surface area contributed by atoms with Crippen LogP contribution in [0.15, 0.2) is 18.2 Å². The van der Waals surface area contributed by atoms with Crippen LogP contribution in [0.1, 0.15) is 44.1 Å². The van der Waals surface area contributed by atoms with E-state index in [4.69, 9.17) is 5.73 Å². The summed E-state index contributed by atoms with van der Waals surface area (Å²) in [6.07, 6.45) is 5.31. The molecule has 0 bridgehead atoms. The van der Waals surface area contributed by atoms with Gasteiger partial charge in [-0.05, 0) is 37.8 Å². The molecule has 0 saturated heterocycles. The number of nitro benzene ring substituents is 1. The molecule has 0 heterocycles. The molecule has 24 heavy (non-hydrogen) atoms. The number of benzene rings is 1. The van der Waals surface area contributed by atoms with Crippen molar-refractivity contribution >= 4 is 17.3 Å². The maximum Gasteiger partial charge on any atom is 0.292 e. The van der Waals surface area contributed by atoms with Crippen LogP contribution in [-0.4, -0.2) is 29.5 Å². The molecule has 7 heteroatoms. The van der Waals surface area contributed by atoms with Crippen molar-refractivity contribution in [2.45, 2.75) is 51.0 Å². The number of amides is 1. The van der Waals surface area contributed by atoms with Crippen LogP contribution >= 0.6 is 0 Å². The fourth-order valence-corrected chi connectivity index (χ4v) is 3.04. The maximum atomic E-state index is 12.2. The highest BCUT2D eigenvalue weighted by Crippen LogP contribution is 2.26. The molecule has 0 radical (unpaired) electrons. The zero-order valence-electron chi connectivity index (χ0n) is 14.1. The summed E-state index contributed by atoms with van der Waals surface area (Å²) in [5, 5.41) is 17.0. The average molecular weight is 334 g/mol. The molecule has 1 saturated carbocycles. The van der Waals surface area contributed by atoms with Gasteiger partial charge in [0.2, 0.25) is 5.91 Å². The Morgan fingerprint density at radius 3 is 2.67 bits per heavy atom. The topological polar surface area (TPSA) is 110 Å². The van der Waals surface area contributed by atoms with Gasteiger partial charge in [-0.2, -0.15) is 0 Å². The van der Waals surface area contributed by atoms with Crippen LogP contribution in [0.4, 0.5) is 11.4 Å². The van der Waals surface area contributed by atoms with Crippen molar-refractivity contribution in [3.05, 3.63) is 33.9 Å². The fraction of sp³-hybridized carbons (Fsp3) is 0.588. The molecule has 1 aromatic rings. The summed E-state index contributed by atoms with van der Waals surface area (Å²) in [4.78, 5) is 22.9. The molecule has 1 aliphatic rings. The maximum absolute atomic E-state index is 12.2. The monoisotopic (exact) mass is 334 g/mol. The summed E-state index contributed by atoms with van der Waals surface area (Å²) in [7, 11) is 0. The number of nitrogens with one attached hydrogen (secondary N) is 2. The summed E-state index contributed by atoms with van der Waals surface area (Å²) in [6.45, 7) is 2.87. The van der Waals surface area contributed by atoms with Crippen LogP contribution in [0, 0.1) is 17.0 Å². The van der Waals surface area contributed by atoms with Crippen LogP contribution in [0.25, 0.3) is 0 Å². The lowest BCUT2D eigenvalue weighted by Crippen LogP contribution is -2.55. The Balaban J connectivity index is 1.75. The number of carbonyl (C=O) groups is 1. The Hall–Kier alpha value is -2.15. The Bertz CT molecular complexity index is 597. The molecule has 0 atom stereocenters. The van der Waals surface area contributed by atoms with E-state index in [2.05, 4.69) is 10.6 Å². The number of nitro groups is 1. The molecule has 2 rings (SSSR count). The number of rotatable bonds is 7. The van der Waals surface area contributed by atoms with E-state index in [0.29, 0.717) is 25.2 Å². The van der Waals surface area contributed by atoms with Gasteiger partial charge in [-0.25, -0.2) is 0 Å². The molecule has 1 aromatic carbocycles. The summed E-state index contributed by atoms with van der Waals surface area (Å²) in [6, 6.07) is 5.09. The summed E-state index contributed by atoms with van der Waals surface area (Å²) < 4.78 is 0. The summed E-state index contributed by atoms with van der Waals surface area (Å²) >= 11 is 0. The highest BCUT2D eigenvalue weighted by molar-refractivity contribution is 5.86. The van der Waals surface area contributed by atoms with Crippen molar-refractivity contribution < 1.29 is 9.72 Å². The van der Waals surface area contributed by atoms with Crippen molar-refractivity contribution in [2.24, 2.45) is 5.73 Å². The van der Waals surface area contributed by atoms with Gasteiger partial charge in [0.05, 0.1) is 10.5 Å². The predicted molar refractivity (Wildman–Crippen MR) is 94.0 cm³/mol. The van der Waals surface area contributed by atoms with Crippen LogP contribution in [0.5, 0.6) is 0 Å². The van der Waals surface area contributed by atoms with Crippen LogP contribution in [0.2, 0.25) is 0 Å². The summed E-state index contributed by atoms with van der Waals surface area (Å²) in [5.74, 6) is -0.0801.